The van der Waals surface area contributed by atoms with E-state index in [1.165, 1.54) is 44.9 Å². The molecule has 0 aromatic carbocycles. The first-order chi connectivity index (χ1) is 11.5. The summed E-state index contributed by atoms with van der Waals surface area (Å²) in [6, 6.07) is 0. The molecule has 0 aromatic rings. The largest absolute Gasteiger partial charge is 0.322 e. The third-order valence-corrected chi connectivity index (χ3v) is 7.84. The highest BCUT2D eigenvalue weighted by atomic mass is 32.2. The van der Waals surface area contributed by atoms with Crippen LogP contribution in [0.25, 0.3) is 0 Å². The Labute approximate surface area is 151 Å². The topological polar surface area (TPSA) is 37.4 Å². The van der Waals surface area contributed by atoms with Crippen LogP contribution in [0.3, 0.4) is 0 Å². The third-order valence-electron chi connectivity index (χ3n) is 5.89. The molecule has 1 heterocycles. The minimum absolute atomic E-state index is 0.348. The molecule has 5 heteroatoms. The maximum atomic E-state index is 12.5. The Morgan fingerprint density at radius 1 is 0.750 bits per heavy atom. The molecule has 0 N–H and O–H groups in total. The Bertz CT molecular complexity index is 409. The average Bonchev–Trinajstić information content (AvgIpc) is 2.60. The van der Waals surface area contributed by atoms with E-state index in [-0.39, 0.29) is 0 Å². The third kappa shape index (κ3) is 7.40. The molecule has 0 aliphatic carbocycles. The Balaban J connectivity index is 2.16. The molecule has 1 saturated heterocycles. The lowest BCUT2D eigenvalue weighted by Crippen LogP contribution is -2.60. The Kier molecular flexibility index (Phi) is 10.5. The molecule has 0 radical (unpaired) electrons. The Morgan fingerprint density at radius 2 is 1.21 bits per heavy atom. The summed E-state index contributed by atoms with van der Waals surface area (Å²) in [5, 5.41) is 0. The van der Waals surface area contributed by atoms with Crippen LogP contribution < -0.4 is 0 Å². The van der Waals surface area contributed by atoms with Crippen molar-refractivity contribution in [3.63, 3.8) is 0 Å². The molecule has 24 heavy (non-hydrogen) atoms. The molecular weight excluding hydrogens is 320 g/mol. The quantitative estimate of drug-likeness (QED) is 0.367. The number of unbranched alkanes of at least 4 members (excludes halogenated alkanes) is 8. The van der Waals surface area contributed by atoms with Crippen molar-refractivity contribution in [1.82, 2.24) is 4.31 Å². The van der Waals surface area contributed by atoms with E-state index in [9.17, 15) is 8.42 Å². The van der Waals surface area contributed by atoms with Gasteiger partial charge in [0.1, 0.15) is 0 Å². The van der Waals surface area contributed by atoms with Crippen molar-refractivity contribution in [3.05, 3.63) is 0 Å². The average molecular weight is 362 g/mol. The normalized spacial score (nSPS) is 18.8. The SMILES string of the molecule is CCCCCCCCCCCS(=O)(=O)N1CC[N+](CC)(CC)CC1. The first-order valence-electron chi connectivity index (χ1n) is 10.3. The summed E-state index contributed by atoms with van der Waals surface area (Å²) in [7, 11) is -3.03. The molecule has 1 fully saturated rings. The number of likely N-dealkylation sites (N-methyl/N-ethyl adjacent to an activating group) is 1. The summed E-state index contributed by atoms with van der Waals surface area (Å²) in [5.41, 5.74) is 0. The van der Waals surface area contributed by atoms with Crippen LogP contribution in [0.5, 0.6) is 0 Å². The molecule has 4 nitrogen and oxygen atoms in total. The molecule has 0 unspecified atom stereocenters. The fourth-order valence-electron chi connectivity index (χ4n) is 3.73. The van der Waals surface area contributed by atoms with Crippen molar-refractivity contribution in [2.24, 2.45) is 0 Å². The molecule has 1 aliphatic rings. The minimum atomic E-state index is -3.03. The monoisotopic (exact) mass is 361 g/mol. The van der Waals surface area contributed by atoms with E-state index in [2.05, 4.69) is 20.8 Å². The van der Waals surface area contributed by atoms with E-state index in [4.69, 9.17) is 0 Å². The van der Waals surface area contributed by atoms with Gasteiger partial charge >= 0.3 is 0 Å². The lowest BCUT2D eigenvalue weighted by atomic mass is 10.1. The van der Waals surface area contributed by atoms with Crippen molar-refractivity contribution in [2.75, 3.05) is 45.0 Å². The van der Waals surface area contributed by atoms with Crippen molar-refractivity contribution in [3.8, 4) is 0 Å². The second-order valence-electron chi connectivity index (χ2n) is 7.46. The van der Waals surface area contributed by atoms with Crippen molar-refractivity contribution in [2.45, 2.75) is 78.6 Å². The van der Waals surface area contributed by atoms with Gasteiger partial charge in [0.2, 0.25) is 10.0 Å². The number of sulfonamides is 1. The van der Waals surface area contributed by atoms with Gasteiger partial charge in [0, 0.05) is 0 Å². The van der Waals surface area contributed by atoms with E-state index in [1.54, 1.807) is 4.31 Å². The smallest absolute Gasteiger partial charge is 0.214 e. The molecule has 0 bridgehead atoms. The van der Waals surface area contributed by atoms with Gasteiger partial charge in [-0.3, -0.25) is 0 Å². The molecule has 0 aromatic heterocycles. The maximum Gasteiger partial charge on any atom is 0.214 e. The van der Waals surface area contributed by atoms with Crippen LogP contribution >= 0.6 is 0 Å². The summed E-state index contributed by atoms with van der Waals surface area (Å²) >= 11 is 0. The lowest BCUT2D eigenvalue weighted by Gasteiger charge is -2.43. The van der Waals surface area contributed by atoms with Crippen molar-refractivity contribution >= 4 is 10.0 Å². The Hall–Kier alpha value is -0.130. The number of quaternary nitrogens is 1. The van der Waals surface area contributed by atoms with Gasteiger partial charge in [-0.05, 0) is 20.3 Å². The van der Waals surface area contributed by atoms with Gasteiger partial charge in [0.05, 0.1) is 45.0 Å². The lowest BCUT2D eigenvalue weighted by molar-refractivity contribution is -0.928. The second kappa shape index (κ2) is 11.5. The van der Waals surface area contributed by atoms with Crippen LogP contribution in [0.1, 0.15) is 78.6 Å². The molecule has 0 atom stereocenters. The highest BCUT2D eigenvalue weighted by molar-refractivity contribution is 7.89. The summed E-state index contributed by atoms with van der Waals surface area (Å²) in [5.74, 6) is 0.348. The van der Waals surface area contributed by atoms with E-state index < -0.39 is 10.0 Å². The molecule has 0 amide bonds. The highest BCUT2D eigenvalue weighted by Gasteiger charge is 2.34. The summed E-state index contributed by atoms with van der Waals surface area (Å²) in [4.78, 5) is 0. The fraction of sp³-hybridized carbons (Fsp3) is 1.00. The van der Waals surface area contributed by atoms with Crippen LogP contribution in [-0.2, 0) is 10.0 Å². The van der Waals surface area contributed by atoms with Crippen molar-refractivity contribution < 1.29 is 12.9 Å². The zero-order valence-corrected chi connectivity index (χ0v) is 17.2. The summed E-state index contributed by atoms with van der Waals surface area (Å²) < 4.78 is 27.8. The second-order valence-corrected chi connectivity index (χ2v) is 9.55. The van der Waals surface area contributed by atoms with E-state index >= 15 is 0 Å². The highest BCUT2D eigenvalue weighted by Crippen LogP contribution is 2.17. The Morgan fingerprint density at radius 3 is 1.67 bits per heavy atom. The number of nitrogens with zero attached hydrogens (tertiary/aromatic N) is 2. The van der Waals surface area contributed by atoms with Gasteiger partial charge in [-0.15, -0.1) is 0 Å². The van der Waals surface area contributed by atoms with Crippen LogP contribution in [0.15, 0.2) is 0 Å². The van der Waals surface area contributed by atoms with Gasteiger partial charge in [0.15, 0.2) is 0 Å². The number of rotatable bonds is 13. The minimum Gasteiger partial charge on any atom is -0.322 e. The van der Waals surface area contributed by atoms with Gasteiger partial charge in [0.25, 0.3) is 0 Å². The molecule has 1 rings (SSSR count). The maximum absolute atomic E-state index is 12.5. The van der Waals surface area contributed by atoms with Gasteiger partial charge in [-0.1, -0.05) is 58.3 Å². The number of piperazine rings is 1. The van der Waals surface area contributed by atoms with Crippen molar-refractivity contribution in [1.29, 1.82) is 0 Å². The predicted molar refractivity (Wildman–Crippen MR) is 104 cm³/mol. The van der Waals surface area contributed by atoms with Crippen LogP contribution in [-0.4, -0.2) is 62.2 Å². The summed E-state index contributed by atoms with van der Waals surface area (Å²) in [6.07, 6.45) is 11.0. The van der Waals surface area contributed by atoms with E-state index in [0.29, 0.717) is 18.8 Å². The molecule has 144 valence electrons. The van der Waals surface area contributed by atoms with Crippen LogP contribution in [0, 0.1) is 0 Å². The number of hydrogen-bond donors (Lipinski definition) is 0. The van der Waals surface area contributed by atoms with Crippen LogP contribution in [0.2, 0.25) is 0 Å². The van der Waals surface area contributed by atoms with E-state index in [0.717, 1.165) is 43.5 Å². The van der Waals surface area contributed by atoms with Gasteiger partial charge in [-0.25, -0.2) is 8.42 Å². The number of hydrogen-bond acceptors (Lipinski definition) is 2. The zero-order valence-electron chi connectivity index (χ0n) is 16.4. The zero-order chi connectivity index (χ0) is 17.9. The molecule has 0 saturated carbocycles. The first kappa shape index (κ1) is 21.9. The standard InChI is InChI=1S/C19H41N2O2S/c1-4-7-8-9-10-11-12-13-14-19-24(22,23)20-15-17-21(5-2,6-3)18-16-20/h4-19H2,1-3H3/q+1. The molecule has 1 aliphatic heterocycles. The van der Waals surface area contributed by atoms with E-state index in [1.807, 2.05) is 0 Å². The first-order valence-corrected chi connectivity index (χ1v) is 11.9. The fourth-order valence-corrected chi connectivity index (χ4v) is 5.28. The van der Waals surface area contributed by atoms with Gasteiger partial charge < -0.3 is 4.48 Å². The molecule has 0 spiro atoms. The van der Waals surface area contributed by atoms with Gasteiger partial charge in [-0.2, -0.15) is 4.31 Å². The molecular formula is C19H41N2O2S+. The summed E-state index contributed by atoms with van der Waals surface area (Å²) in [6.45, 7) is 12.3. The van der Waals surface area contributed by atoms with Crippen LogP contribution in [0.4, 0.5) is 0 Å². The predicted octanol–water partition coefficient (Wildman–Crippen LogP) is 4.02.